The van der Waals surface area contributed by atoms with Gasteiger partial charge in [-0.05, 0) is 24.3 Å². The van der Waals surface area contributed by atoms with E-state index in [4.69, 9.17) is 10.5 Å². The molecule has 0 unspecified atom stereocenters. The fraction of sp³-hybridized carbons (Fsp3) is 0.0714. The van der Waals surface area contributed by atoms with Crippen LogP contribution in [0.5, 0.6) is 11.5 Å². The molecule has 0 aliphatic rings. The molecule has 0 saturated carbocycles. The van der Waals surface area contributed by atoms with Crippen molar-refractivity contribution in [1.82, 2.24) is 5.32 Å². The number of nitrogens with one attached hydrogen (secondary N) is 1. The van der Waals surface area contributed by atoms with Gasteiger partial charge >= 0.3 is 5.69 Å². The number of amides is 1. The summed E-state index contributed by atoms with van der Waals surface area (Å²) in [5, 5.41) is 13.5. The maximum Gasteiger partial charge on any atom is 0.312 e. The molecule has 0 aliphatic carbocycles. The molecular formula is C14H13N3O4. The lowest BCUT2D eigenvalue weighted by molar-refractivity contribution is -0.385. The summed E-state index contributed by atoms with van der Waals surface area (Å²) in [5.74, 6) is 0.0117. The Morgan fingerprint density at radius 2 is 2.05 bits per heavy atom. The number of hydrogen-bond acceptors (Lipinski definition) is 5. The Morgan fingerprint density at radius 1 is 1.29 bits per heavy atom. The van der Waals surface area contributed by atoms with Crippen LogP contribution in [0, 0.1) is 10.1 Å². The predicted molar refractivity (Wildman–Crippen MR) is 77.4 cm³/mol. The van der Waals surface area contributed by atoms with Crippen LogP contribution in [-0.2, 0) is 0 Å². The summed E-state index contributed by atoms with van der Waals surface area (Å²) in [6, 6.07) is 10.5. The second-order valence-electron chi connectivity index (χ2n) is 4.19. The number of carbonyl (C=O) groups is 1. The summed E-state index contributed by atoms with van der Waals surface area (Å²) in [7, 11) is 1.45. The van der Waals surface area contributed by atoms with E-state index < -0.39 is 10.8 Å². The van der Waals surface area contributed by atoms with E-state index in [1.54, 1.807) is 24.3 Å². The molecule has 7 nitrogen and oxygen atoms in total. The molecule has 2 aromatic rings. The fourth-order valence-electron chi connectivity index (χ4n) is 1.74. The zero-order chi connectivity index (χ0) is 15.4. The van der Waals surface area contributed by atoms with Crippen LogP contribution in [0.2, 0.25) is 0 Å². The number of nitrogens with zero attached hydrogens (tertiary/aromatic N) is 1. The van der Waals surface area contributed by atoms with Crippen molar-refractivity contribution in [2.75, 3.05) is 12.8 Å². The van der Waals surface area contributed by atoms with Gasteiger partial charge in [0, 0.05) is 30.4 Å². The first-order valence-corrected chi connectivity index (χ1v) is 6.05. The minimum atomic E-state index is -0.603. The third kappa shape index (κ3) is 3.27. The van der Waals surface area contributed by atoms with Crippen LogP contribution in [0.15, 0.2) is 42.5 Å². The van der Waals surface area contributed by atoms with Crippen LogP contribution in [-0.4, -0.2) is 17.9 Å². The van der Waals surface area contributed by atoms with Crippen molar-refractivity contribution < 1.29 is 14.5 Å². The molecule has 21 heavy (non-hydrogen) atoms. The van der Waals surface area contributed by atoms with Crippen molar-refractivity contribution in [3.63, 3.8) is 0 Å². The van der Waals surface area contributed by atoms with Gasteiger partial charge in [-0.2, -0.15) is 0 Å². The summed E-state index contributed by atoms with van der Waals surface area (Å²) in [5.41, 5.74) is 6.00. The quantitative estimate of drug-likeness (QED) is 0.509. The number of benzene rings is 2. The highest BCUT2D eigenvalue weighted by Crippen LogP contribution is 2.32. The number of nitrogen functional groups attached to an aromatic ring is 1. The van der Waals surface area contributed by atoms with Gasteiger partial charge in [-0.3, -0.25) is 14.9 Å². The van der Waals surface area contributed by atoms with Crippen LogP contribution in [0.1, 0.15) is 10.4 Å². The summed E-state index contributed by atoms with van der Waals surface area (Å²) >= 11 is 0. The van der Waals surface area contributed by atoms with Crippen LogP contribution < -0.4 is 15.8 Å². The summed E-state index contributed by atoms with van der Waals surface area (Å²) in [6.45, 7) is 0. The van der Waals surface area contributed by atoms with Gasteiger partial charge in [-0.1, -0.05) is 6.07 Å². The molecule has 7 heteroatoms. The Balaban J connectivity index is 2.39. The van der Waals surface area contributed by atoms with Gasteiger partial charge < -0.3 is 15.8 Å². The van der Waals surface area contributed by atoms with Gasteiger partial charge in [0.25, 0.3) is 5.91 Å². The van der Waals surface area contributed by atoms with Gasteiger partial charge in [0.1, 0.15) is 5.75 Å². The molecule has 0 heterocycles. The van der Waals surface area contributed by atoms with E-state index >= 15 is 0 Å². The highest BCUT2D eigenvalue weighted by Gasteiger charge is 2.19. The molecule has 0 bridgehead atoms. The average molecular weight is 287 g/mol. The molecule has 0 aliphatic heterocycles. The van der Waals surface area contributed by atoms with E-state index in [0.29, 0.717) is 11.4 Å². The Hall–Kier alpha value is -3.09. The Bertz CT molecular complexity index is 700. The van der Waals surface area contributed by atoms with Crippen molar-refractivity contribution in [2.24, 2.45) is 0 Å². The zero-order valence-corrected chi connectivity index (χ0v) is 11.2. The van der Waals surface area contributed by atoms with Crippen LogP contribution >= 0.6 is 0 Å². The molecule has 0 aromatic heterocycles. The van der Waals surface area contributed by atoms with Crippen molar-refractivity contribution >= 4 is 17.3 Å². The van der Waals surface area contributed by atoms with Crippen LogP contribution in [0.25, 0.3) is 0 Å². The van der Waals surface area contributed by atoms with Gasteiger partial charge in [-0.15, -0.1) is 0 Å². The summed E-state index contributed by atoms with van der Waals surface area (Å²) in [4.78, 5) is 22.0. The number of carbonyl (C=O) groups excluding carboxylic acids is 1. The largest absolute Gasteiger partial charge is 0.450 e. The topological polar surface area (TPSA) is 107 Å². The number of anilines is 1. The second kappa shape index (κ2) is 5.91. The molecule has 0 saturated heterocycles. The first kappa shape index (κ1) is 14.3. The molecular weight excluding hydrogens is 274 g/mol. The van der Waals surface area contributed by atoms with Crippen LogP contribution in [0.4, 0.5) is 11.4 Å². The van der Waals surface area contributed by atoms with Gasteiger partial charge in [0.2, 0.25) is 5.75 Å². The number of rotatable bonds is 4. The molecule has 0 atom stereocenters. The molecule has 2 aromatic carbocycles. The minimum absolute atomic E-state index is 0.0400. The van der Waals surface area contributed by atoms with Gasteiger partial charge in [-0.25, -0.2) is 0 Å². The van der Waals surface area contributed by atoms with E-state index in [9.17, 15) is 14.9 Å². The predicted octanol–water partition coefficient (Wildman–Crippen LogP) is 2.33. The third-order valence-electron chi connectivity index (χ3n) is 2.73. The molecule has 2 rings (SSSR count). The standard InChI is InChI=1S/C14H13N3O4/c1-16-14(18)9-5-6-13(12(7-9)17(19)20)21-11-4-2-3-10(15)8-11/h2-8H,15H2,1H3,(H,16,18). The fourth-order valence-corrected chi connectivity index (χ4v) is 1.74. The van der Waals surface area contributed by atoms with E-state index in [0.717, 1.165) is 0 Å². The Morgan fingerprint density at radius 3 is 2.67 bits per heavy atom. The molecule has 0 fully saturated rings. The maximum atomic E-state index is 11.5. The lowest BCUT2D eigenvalue weighted by atomic mass is 10.1. The van der Waals surface area contributed by atoms with Gasteiger partial charge in [0.05, 0.1) is 4.92 Å². The number of hydrogen-bond donors (Lipinski definition) is 2. The van der Waals surface area contributed by atoms with Crippen molar-refractivity contribution in [2.45, 2.75) is 0 Å². The van der Waals surface area contributed by atoms with Crippen molar-refractivity contribution in [3.05, 3.63) is 58.1 Å². The summed E-state index contributed by atoms with van der Waals surface area (Å²) in [6.07, 6.45) is 0. The molecule has 0 spiro atoms. The van der Waals surface area contributed by atoms with E-state index in [1.807, 2.05) is 0 Å². The molecule has 108 valence electrons. The average Bonchev–Trinajstić information content (AvgIpc) is 2.46. The smallest absolute Gasteiger partial charge is 0.312 e. The van der Waals surface area contributed by atoms with Crippen molar-refractivity contribution in [3.8, 4) is 11.5 Å². The molecule has 3 N–H and O–H groups in total. The zero-order valence-electron chi connectivity index (χ0n) is 11.2. The van der Waals surface area contributed by atoms with Gasteiger partial charge in [0.15, 0.2) is 0 Å². The number of nitro benzene ring substituents is 1. The third-order valence-corrected chi connectivity index (χ3v) is 2.73. The highest BCUT2D eigenvalue weighted by molar-refractivity contribution is 5.95. The normalized spacial score (nSPS) is 9.95. The Kier molecular flexibility index (Phi) is 4.03. The number of nitro groups is 1. The maximum absolute atomic E-state index is 11.5. The lowest BCUT2D eigenvalue weighted by Gasteiger charge is -2.08. The monoisotopic (exact) mass is 287 g/mol. The molecule has 0 radical (unpaired) electrons. The SMILES string of the molecule is CNC(=O)c1ccc(Oc2cccc(N)c2)c([N+](=O)[O-])c1. The first-order chi connectivity index (χ1) is 10.0. The van der Waals surface area contributed by atoms with E-state index in [2.05, 4.69) is 5.32 Å². The Labute approximate surface area is 120 Å². The van der Waals surface area contributed by atoms with E-state index in [1.165, 1.54) is 25.2 Å². The molecule has 1 amide bonds. The highest BCUT2D eigenvalue weighted by atomic mass is 16.6. The van der Waals surface area contributed by atoms with E-state index in [-0.39, 0.29) is 17.0 Å². The lowest BCUT2D eigenvalue weighted by Crippen LogP contribution is -2.17. The van der Waals surface area contributed by atoms with Crippen LogP contribution in [0.3, 0.4) is 0 Å². The first-order valence-electron chi connectivity index (χ1n) is 6.05. The number of ether oxygens (including phenoxy) is 1. The second-order valence-corrected chi connectivity index (χ2v) is 4.19. The van der Waals surface area contributed by atoms with Crippen molar-refractivity contribution in [1.29, 1.82) is 0 Å². The summed E-state index contributed by atoms with van der Waals surface area (Å²) < 4.78 is 5.47. The number of nitrogens with two attached hydrogens (primary N) is 1. The minimum Gasteiger partial charge on any atom is -0.450 e.